The second-order valence-electron chi connectivity index (χ2n) is 3.54. The maximum atomic E-state index is 13.5. The van der Waals surface area contributed by atoms with Gasteiger partial charge in [-0.1, -0.05) is 12.1 Å². The summed E-state index contributed by atoms with van der Waals surface area (Å²) in [5, 5.41) is 5.17. The summed E-state index contributed by atoms with van der Waals surface area (Å²) in [4.78, 5) is 0. The van der Waals surface area contributed by atoms with Crippen LogP contribution in [0, 0.1) is 12.7 Å². The number of aryl methyl sites for hydroxylation is 1. The number of para-hydroxylation sites is 1. The van der Waals surface area contributed by atoms with E-state index >= 15 is 0 Å². The van der Waals surface area contributed by atoms with E-state index in [9.17, 15) is 4.39 Å². The molecule has 2 aromatic rings. The lowest BCUT2D eigenvalue weighted by molar-refractivity contribution is 0.629. The van der Waals surface area contributed by atoms with Crippen LogP contribution in [0.4, 0.5) is 10.1 Å². The third-order valence-corrected chi connectivity index (χ3v) is 3.87. The molecule has 0 unspecified atom stereocenters. The molecule has 0 aliphatic heterocycles. The molecule has 0 atom stereocenters. The second-order valence-corrected chi connectivity index (χ2v) is 5.83. The van der Waals surface area contributed by atoms with Crippen LogP contribution in [-0.4, -0.2) is 0 Å². The van der Waals surface area contributed by atoms with Crippen molar-refractivity contribution in [3.63, 3.8) is 0 Å². The Morgan fingerprint density at radius 1 is 1.44 bits per heavy atom. The Morgan fingerprint density at radius 2 is 2.25 bits per heavy atom. The van der Waals surface area contributed by atoms with Gasteiger partial charge in [0.15, 0.2) is 0 Å². The molecular weight excluding hydrogens is 289 g/mol. The van der Waals surface area contributed by atoms with Gasteiger partial charge in [-0.05, 0) is 51.5 Å². The minimum atomic E-state index is -0.200. The molecule has 0 amide bonds. The number of hydrogen-bond donors (Lipinski definition) is 1. The number of thiophene rings is 1. The zero-order valence-electron chi connectivity index (χ0n) is 8.76. The number of rotatable bonds is 3. The number of hydrogen-bond acceptors (Lipinski definition) is 2. The summed E-state index contributed by atoms with van der Waals surface area (Å²) in [6, 6.07) is 7.12. The van der Waals surface area contributed by atoms with Crippen LogP contribution in [0.25, 0.3) is 0 Å². The first kappa shape index (κ1) is 11.6. The number of benzene rings is 1. The van der Waals surface area contributed by atoms with Crippen molar-refractivity contribution in [2.24, 2.45) is 0 Å². The Labute approximate surface area is 106 Å². The average Bonchev–Trinajstić information content (AvgIpc) is 2.63. The van der Waals surface area contributed by atoms with E-state index in [-0.39, 0.29) is 5.82 Å². The smallest absolute Gasteiger partial charge is 0.146 e. The highest BCUT2D eigenvalue weighted by molar-refractivity contribution is 9.11. The fourth-order valence-corrected chi connectivity index (χ4v) is 2.69. The summed E-state index contributed by atoms with van der Waals surface area (Å²) in [6.07, 6.45) is 0. The Kier molecular flexibility index (Phi) is 3.61. The lowest BCUT2D eigenvalue weighted by Gasteiger charge is -2.09. The molecule has 2 rings (SSSR count). The molecule has 84 valence electrons. The van der Waals surface area contributed by atoms with Gasteiger partial charge in [0, 0.05) is 6.54 Å². The zero-order chi connectivity index (χ0) is 11.5. The van der Waals surface area contributed by atoms with Gasteiger partial charge in [-0.2, -0.15) is 0 Å². The molecule has 0 saturated heterocycles. The molecule has 0 aliphatic carbocycles. The van der Waals surface area contributed by atoms with Crippen molar-refractivity contribution in [3.8, 4) is 0 Å². The van der Waals surface area contributed by atoms with Gasteiger partial charge in [0.2, 0.25) is 0 Å². The molecule has 0 radical (unpaired) electrons. The summed E-state index contributed by atoms with van der Waals surface area (Å²) in [5.74, 6) is -0.200. The van der Waals surface area contributed by atoms with E-state index in [0.717, 1.165) is 14.9 Å². The quantitative estimate of drug-likeness (QED) is 0.875. The van der Waals surface area contributed by atoms with Crippen molar-refractivity contribution in [3.05, 3.63) is 50.4 Å². The third-order valence-electron chi connectivity index (χ3n) is 2.31. The highest BCUT2D eigenvalue weighted by atomic mass is 79.9. The van der Waals surface area contributed by atoms with Gasteiger partial charge in [0.1, 0.15) is 5.82 Å². The van der Waals surface area contributed by atoms with Gasteiger partial charge in [-0.3, -0.25) is 0 Å². The third kappa shape index (κ3) is 2.62. The molecule has 0 spiro atoms. The van der Waals surface area contributed by atoms with Gasteiger partial charge in [0.25, 0.3) is 0 Å². The van der Waals surface area contributed by atoms with Gasteiger partial charge >= 0.3 is 0 Å². The molecule has 4 heteroatoms. The van der Waals surface area contributed by atoms with Crippen molar-refractivity contribution in [2.75, 3.05) is 5.32 Å². The summed E-state index contributed by atoms with van der Waals surface area (Å²) < 4.78 is 14.6. The Hall–Kier alpha value is -0.870. The van der Waals surface area contributed by atoms with E-state index in [1.807, 2.05) is 24.4 Å². The molecule has 1 nitrogen and oxygen atoms in total. The van der Waals surface area contributed by atoms with Gasteiger partial charge < -0.3 is 5.32 Å². The highest BCUT2D eigenvalue weighted by Gasteiger charge is 2.04. The Balaban J connectivity index is 2.10. The first-order chi connectivity index (χ1) is 7.66. The van der Waals surface area contributed by atoms with Crippen LogP contribution in [0.15, 0.2) is 33.4 Å². The van der Waals surface area contributed by atoms with Crippen LogP contribution in [0.2, 0.25) is 0 Å². The molecule has 0 bridgehead atoms. The molecular formula is C12H11BrFNS. The molecule has 16 heavy (non-hydrogen) atoms. The van der Waals surface area contributed by atoms with Gasteiger partial charge in [0.05, 0.1) is 9.47 Å². The van der Waals surface area contributed by atoms with Crippen LogP contribution < -0.4 is 5.32 Å². The van der Waals surface area contributed by atoms with Crippen molar-refractivity contribution in [1.29, 1.82) is 0 Å². The molecule has 1 N–H and O–H groups in total. The second kappa shape index (κ2) is 4.97. The fraction of sp³-hybridized carbons (Fsp3) is 0.167. The predicted molar refractivity (Wildman–Crippen MR) is 70.5 cm³/mol. The van der Waals surface area contributed by atoms with E-state index in [0.29, 0.717) is 12.2 Å². The monoisotopic (exact) mass is 299 g/mol. The van der Waals surface area contributed by atoms with Gasteiger partial charge in [-0.15, -0.1) is 11.3 Å². The molecule has 0 aliphatic rings. The average molecular weight is 300 g/mol. The van der Waals surface area contributed by atoms with Crippen molar-refractivity contribution in [1.82, 2.24) is 0 Å². The van der Waals surface area contributed by atoms with E-state index in [1.54, 1.807) is 17.4 Å². The molecule has 0 fully saturated rings. The van der Waals surface area contributed by atoms with Crippen molar-refractivity contribution < 1.29 is 4.39 Å². The summed E-state index contributed by atoms with van der Waals surface area (Å²) >= 11 is 5.03. The standard InChI is InChI=1S/C12H11BrFNS/c1-8-3-2-4-10(14)12(8)15-6-9-5-11(13)16-7-9/h2-5,7,15H,6H2,1H3. The van der Waals surface area contributed by atoms with Crippen LogP contribution >= 0.6 is 27.3 Å². The zero-order valence-corrected chi connectivity index (χ0v) is 11.2. The number of nitrogens with one attached hydrogen (secondary N) is 1. The minimum absolute atomic E-state index is 0.200. The van der Waals surface area contributed by atoms with Crippen molar-refractivity contribution in [2.45, 2.75) is 13.5 Å². The minimum Gasteiger partial charge on any atom is -0.378 e. The topological polar surface area (TPSA) is 12.0 Å². The number of halogens is 2. The normalized spacial score (nSPS) is 10.4. The molecule has 0 saturated carbocycles. The van der Waals surface area contributed by atoms with E-state index in [1.165, 1.54) is 6.07 Å². The van der Waals surface area contributed by atoms with Crippen LogP contribution in [0.3, 0.4) is 0 Å². The SMILES string of the molecule is Cc1cccc(F)c1NCc1csc(Br)c1. The molecule has 1 heterocycles. The first-order valence-electron chi connectivity index (χ1n) is 4.88. The van der Waals surface area contributed by atoms with E-state index in [2.05, 4.69) is 21.2 Å². The Morgan fingerprint density at radius 3 is 2.88 bits per heavy atom. The maximum Gasteiger partial charge on any atom is 0.146 e. The summed E-state index contributed by atoms with van der Waals surface area (Å²) in [6.45, 7) is 2.54. The lowest BCUT2D eigenvalue weighted by Crippen LogP contribution is -2.02. The van der Waals surface area contributed by atoms with Gasteiger partial charge in [-0.25, -0.2) is 4.39 Å². The molecule has 1 aromatic carbocycles. The Bertz CT molecular complexity index is 475. The largest absolute Gasteiger partial charge is 0.378 e. The van der Waals surface area contributed by atoms with Crippen LogP contribution in [0.5, 0.6) is 0 Å². The van der Waals surface area contributed by atoms with E-state index < -0.39 is 0 Å². The van der Waals surface area contributed by atoms with Crippen LogP contribution in [0.1, 0.15) is 11.1 Å². The maximum absolute atomic E-state index is 13.5. The highest BCUT2D eigenvalue weighted by Crippen LogP contribution is 2.23. The lowest BCUT2D eigenvalue weighted by atomic mass is 10.2. The van der Waals surface area contributed by atoms with Crippen molar-refractivity contribution >= 4 is 33.0 Å². The predicted octanol–water partition coefficient (Wildman–Crippen LogP) is 4.57. The summed E-state index contributed by atoms with van der Waals surface area (Å²) in [7, 11) is 0. The number of anilines is 1. The fourth-order valence-electron chi connectivity index (χ4n) is 1.48. The summed E-state index contributed by atoms with van der Waals surface area (Å²) in [5.41, 5.74) is 2.67. The van der Waals surface area contributed by atoms with E-state index in [4.69, 9.17) is 0 Å². The van der Waals surface area contributed by atoms with Crippen LogP contribution in [-0.2, 0) is 6.54 Å². The molecule has 1 aromatic heterocycles. The first-order valence-corrected chi connectivity index (χ1v) is 6.56.